The Morgan fingerprint density at radius 2 is 1.68 bits per heavy atom. The van der Waals surface area contributed by atoms with E-state index in [1.54, 1.807) is 0 Å². The number of ether oxygens (including phenoxy) is 1. The van der Waals surface area contributed by atoms with Crippen LogP contribution in [0.3, 0.4) is 0 Å². The maximum Gasteiger partial charge on any atom is 0.150 e. The molecule has 1 aromatic carbocycles. The summed E-state index contributed by atoms with van der Waals surface area (Å²) in [5, 5.41) is 0. The number of hydrogen-bond acceptors (Lipinski definition) is 1. The van der Waals surface area contributed by atoms with Crippen molar-refractivity contribution in [1.29, 1.82) is 0 Å². The molecule has 1 atom stereocenters. The molecule has 0 saturated heterocycles. The van der Waals surface area contributed by atoms with Gasteiger partial charge < -0.3 is 4.74 Å². The van der Waals surface area contributed by atoms with E-state index in [4.69, 9.17) is 11.2 Å². The van der Waals surface area contributed by atoms with Gasteiger partial charge >= 0.3 is 0 Å². The van der Waals surface area contributed by atoms with E-state index in [2.05, 4.69) is 55.3 Å². The van der Waals surface area contributed by atoms with Crippen LogP contribution in [-0.2, 0) is 4.74 Å². The summed E-state index contributed by atoms with van der Waals surface area (Å²) in [6.07, 6.45) is 23.3. The van der Waals surface area contributed by atoms with Gasteiger partial charge in [0.15, 0.2) is 5.60 Å². The molecule has 134 valence electrons. The third kappa shape index (κ3) is 6.56. The van der Waals surface area contributed by atoms with Crippen molar-refractivity contribution in [2.24, 2.45) is 0 Å². The molecule has 0 amide bonds. The lowest BCUT2D eigenvalue weighted by atomic mass is 9.90. The van der Waals surface area contributed by atoms with Crippen LogP contribution in [0.15, 0.2) is 48.6 Å². The summed E-state index contributed by atoms with van der Waals surface area (Å²) in [4.78, 5) is 0. The second-order valence-electron chi connectivity index (χ2n) is 6.92. The SMILES string of the molecule is C#CC1(OCCCCCCCCCC)C=CC(c2ccccc2)=CC1. The van der Waals surface area contributed by atoms with Gasteiger partial charge in [0.2, 0.25) is 0 Å². The lowest BCUT2D eigenvalue weighted by Crippen LogP contribution is -2.29. The standard InChI is InChI=1S/C24H32O/c1-3-5-6-7-8-9-10-14-21-25-24(4-2)19-17-23(18-20-24)22-15-12-11-13-16-22/h2,11-13,15-19H,3,5-10,14,20-21H2,1H3. The fraction of sp³-hybridized carbons (Fsp3) is 0.500. The number of unbranched alkanes of at least 4 members (excludes halogenated alkanes) is 7. The van der Waals surface area contributed by atoms with Crippen molar-refractivity contribution < 1.29 is 4.74 Å². The van der Waals surface area contributed by atoms with Gasteiger partial charge in [0.05, 0.1) is 0 Å². The topological polar surface area (TPSA) is 9.23 Å². The first kappa shape index (κ1) is 19.5. The summed E-state index contributed by atoms with van der Waals surface area (Å²) in [5.41, 5.74) is 1.90. The molecule has 1 aliphatic carbocycles. The molecule has 0 N–H and O–H groups in total. The molecular formula is C24H32O. The van der Waals surface area contributed by atoms with E-state index in [0.717, 1.165) is 19.4 Å². The third-order valence-corrected chi connectivity index (χ3v) is 4.87. The molecular weight excluding hydrogens is 304 g/mol. The van der Waals surface area contributed by atoms with Crippen molar-refractivity contribution in [2.45, 2.75) is 70.3 Å². The molecule has 1 unspecified atom stereocenters. The van der Waals surface area contributed by atoms with Crippen LogP contribution in [0.25, 0.3) is 5.57 Å². The Bertz CT molecular complexity index is 590. The second-order valence-corrected chi connectivity index (χ2v) is 6.92. The van der Waals surface area contributed by atoms with Gasteiger partial charge in [-0.15, -0.1) is 6.42 Å². The maximum absolute atomic E-state index is 6.08. The van der Waals surface area contributed by atoms with E-state index < -0.39 is 5.60 Å². The van der Waals surface area contributed by atoms with Gasteiger partial charge in [-0.25, -0.2) is 0 Å². The van der Waals surface area contributed by atoms with E-state index in [1.807, 2.05) is 6.07 Å². The van der Waals surface area contributed by atoms with Gasteiger partial charge in [-0.3, -0.25) is 0 Å². The van der Waals surface area contributed by atoms with Crippen LogP contribution >= 0.6 is 0 Å². The molecule has 1 aromatic rings. The Morgan fingerprint density at radius 1 is 1.00 bits per heavy atom. The fourth-order valence-electron chi connectivity index (χ4n) is 3.21. The summed E-state index contributed by atoms with van der Waals surface area (Å²) >= 11 is 0. The number of rotatable bonds is 11. The van der Waals surface area contributed by atoms with Crippen molar-refractivity contribution in [2.75, 3.05) is 6.61 Å². The average Bonchev–Trinajstić information content (AvgIpc) is 2.68. The summed E-state index contributed by atoms with van der Waals surface area (Å²) in [5.74, 6) is 2.86. The second kappa shape index (κ2) is 11.0. The average molecular weight is 337 g/mol. The minimum absolute atomic E-state index is 0.556. The first-order chi connectivity index (χ1) is 12.3. The van der Waals surface area contributed by atoms with Gasteiger partial charge in [0.25, 0.3) is 0 Å². The summed E-state index contributed by atoms with van der Waals surface area (Å²) in [6.45, 7) is 3.01. The van der Waals surface area contributed by atoms with E-state index in [9.17, 15) is 0 Å². The Balaban J connectivity index is 1.68. The Kier molecular flexibility index (Phi) is 8.56. The predicted molar refractivity (Wildman–Crippen MR) is 108 cm³/mol. The highest BCUT2D eigenvalue weighted by atomic mass is 16.5. The fourth-order valence-corrected chi connectivity index (χ4v) is 3.21. The minimum Gasteiger partial charge on any atom is -0.358 e. The van der Waals surface area contributed by atoms with Crippen LogP contribution in [0.5, 0.6) is 0 Å². The lowest BCUT2D eigenvalue weighted by Gasteiger charge is -2.27. The van der Waals surface area contributed by atoms with E-state index in [0.29, 0.717) is 0 Å². The predicted octanol–water partition coefficient (Wildman–Crippen LogP) is 6.56. The van der Waals surface area contributed by atoms with Gasteiger partial charge in [0, 0.05) is 13.0 Å². The Hall–Kier alpha value is -1.78. The van der Waals surface area contributed by atoms with Crippen LogP contribution < -0.4 is 0 Å². The highest BCUT2D eigenvalue weighted by Crippen LogP contribution is 2.29. The number of terminal acetylenes is 1. The molecule has 0 aromatic heterocycles. The highest BCUT2D eigenvalue weighted by molar-refractivity contribution is 5.75. The molecule has 2 rings (SSSR count). The molecule has 0 bridgehead atoms. The molecule has 0 heterocycles. The quantitative estimate of drug-likeness (QED) is 0.328. The zero-order valence-corrected chi connectivity index (χ0v) is 15.7. The first-order valence-corrected chi connectivity index (χ1v) is 9.86. The smallest absolute Gasteiger partial charge is 0.150 e. The molecule has 1 aliphatic rings. The number of hydrogen-bond donors (Lipinski definition) is 0. The molecule has 1 nitrogen and oxygen atoms in total. The van der Waals surface area contributed by atoms with Crippen molar-refractivity contribution in [3.63, 3.8) is 0 Å². The van der Waals surface area contributed by atoms with Gasteiger partial charge in [-0.05, 0) is 23.6 Å². The van der Waals surface area contributed by atoms with Gasteiger partial charge in [0.1, 0.15) is 0 Å². The van der Waals surface area contributed by atoms with Crippen LogP contribution in [0.2, 0.25) is 0 Å². The maximum atomic E-state index is 6.08. The number of benzene rings is 1. The minimum atomic E-state index is -0.556. The van der Waals surface area contributed by atoms with Crippen LogP contribution in [0, 0.1) is 12.3 Å². The molecule has 1 heteroatoms. The van der Waals surface area contributed by atoms with E-state index in [-0.39, 0.29) is 0 Å². The number of allylic oxidation sites excluding steroid dienone is 2. The van der Waals surface area contributed by atoms with Gasteiger partial charge in [-0.1, -0.05) is 100 Å². The molecule has 0 radical (unpaired) electrons. The lowest BCUT2D eigenvalue weighted by molar-refractivity contribution is 0.0339. The largest absolute Gasteiger partial charge is 0.358 e. The van der Waals surface area contributed by atoms with Gasteiger partial charge in [-0.2, -0.15) is 0 Å². The van der Waals surface area contributed by atoms with Crippen LogP contribution in [-0.4, -0.2) is 12.2 Å². The van der Waals surface area contributed by atoms with Crippen LogP contribution in [0.1, 0.15) is 70.3 Å². The molecule has 25 heavy (non-hydrogen) atoms. The van der Waals surface area contributed by atoms with Crippen LogP contribution in [0.4, 0.5) is 0 Å². The summed E-state index contributed by atoms with van der Waals surface area (Å²) in [7, 11) is 0. The van der Waals surface area contributed by atoms with Crippen molar-refractivity contribution in [1.82, 2.24) is 0 Å². The first-order valence-electron chi connectivity index (χ1n) is 9.86. The highest BCUT2D eigenvalue weighted by Gasteiger charge is 2.26. The molecule has 0 saturated carbocycles. The zero-order chi connectivity index (χ0) is 17.8. The normalized spacial score (nSPS) is 19.4. The zero-order valence-electron chi connectivity index (χ0n) is 15.7. The molecule has 0 spiro atoms. The monoisotopic (exact) mass is 336 g/mol. The van der Waals surface area contributed by atoms with E-state index >= 15 is 0 Å². The summed E-state index contributed by atoms with van der Waals surface area (Å²) in [6, 6.07) is 10.4. The third-order valence-electron chi connectivity index (χ3n) is 4.87. The van der Waals surface area contributed by atoms with Crippen molar-refractivity contribution in [3.05, 3.63) is 54.1 Å². The Morgan fingerprint density at radius 3 is 2.28 bits per heavy atom. The summed E-state index contributed by atoms with van der Waals surface area (Å²) < 4.78 is 6.08. The van der Waals surface area contributed by atoms with Crippen molar-refractivity contribution >= 4 is 5.57 Å². The Labute approximate surface area is 154 Å². The van der Waals surface area contributed by atoms with Crippen molar-refractivity contribution in [3.8, 4) is 12.3 Å². The molecule has 0 fully saturated rings. The molecule has 0 aliphatic heterocycles. The van der Waals surface area contributed by atoms with E-state index in [1.165, 1.54) is 56.1 Å².